The van der Waals surface area contributed by atoms with E-state index < -0.39 is 0 Å². The number of carbonyl (C=O) groups is 2. The number of carbonyl (C=O) groups excluding carboxylic acids is 2. The number of esters is 1. The average Bonchev–Trinajstić information content (AvgIpc) is 2.95. The van der Waals surface area contributed by atoms with Gasteiger partial charge in [0.05, 0.1) is 19.2 Å². The van der Waals surface area contributed by atoms with Crippen molar-refractivity contribution in [3.63, 3.8) is 0 Å². The van der Waals surface area contributed by atoms with Crippen molar-refractivity contribution in [2.24, 2.45) is 5.92 Å². The smallest absolute Gasteiger partial charge is 0.311 e. The molecule has 1 saturated carbocycles. The molecular formula is C16H24N2O3S. The van der Waals surface area contributed by atoms with E-state index in [2.05, 4.69) is 15.0 Å². The van der Waals surface area contributed by atoms with E-state index in [-0.39, 0.29) is 18.3 Å². The summed E-state index contributed by atoms with van der Waals surface area (Å²) in [5, 5.41) is 5.14. The van der Waals surface area contributed by atoms with Crippen molar-refractivity contribution in [1.82, 2.24) is 4.98 Å². The molecule has 0 bridgehead atoms. The molecule has 22 heavy (non-hydrogen) atoms. The van der Waals surface area contributed by atoms with E-state index in [1.807, 2.05) is 0 Å². The zero-order valence-corrected chi connectivity index (χ0v) is 13.9. The van der Waals surface area contributed by atoms with Crippen molar-refractivity contribution in [3.05, 3.63) is 11.1 Å². The number of ether oxygens (including phenoxy) is 1. The van der Waals surface area contributed by atoms with Crippen LogP contribution in [0.5, 0.6) is 0 Å². The van der Waals surface area contributed by atoms with Gasteiger partial charge in [-0.3, -0.25) is 9.59 Å². The summed E-state index contributed by atoms with van der Waals surface area (Å²) in [7, 11) is 1.35. The van der Waals surface area contributed by atoms with E-state index in [0.29, 0.717) is 17.2 Å². The van der Waals surface area contributed by atoms with Gasteiger partial charge in [-0.15, -0.1) is 11.3 Å². The van der Waals surface area contributed by atoms with Gasteiger partial charge >= 0.3 is 5.97 Å². The van der Waals surface area contributed by atoms with Crippen molar-refractivity contribution < 1.29 is 14.3 Å². The molecule has 1 fully saturated rings. The molecule has 6 heteroatoms. The summed E-state index contributed by atoms with van der Waals surface area (Å²) in [6, 6.07) is 0. The molecule has 0 aromatic carbocycles. The van der Waals surface area contributed by atoms with Crippen LogP contribution < -0.4 is 5.32 Å². The molecule has 1 aromatic heterocycles. The topological polar surface area (TPSA) is 68.3 Å². The van der Waals surface area contributed by atoms with Gasteiger partial charge in [-0.2, -0.15) is 0 Å². The van der Waals surface area contributed by atoms with E-state index in [4.69, 9.17) is 0 Å². The molecule has 0 saturated heterocycles. The standard InChI is InChI=1S/C16H24N2O3S/c1-21-15(20)10-13-11-22-16(17-13)18-14(19)9-5-8-12-6-3-2-4-7-12/h11-12H,2-10H2,1H3,(H,17,18,19). The van der Waals surface area contributed by atoms with Gasteiger partial charge < -0.3 is 10.1 Å². The summed E-state index contributed by atoms with van der Waals surface area (Å²) >= 11 is 1.34. The third-order valence-electron chi connectivity index (χ3n) is 4.09. The van der Waals surface area contributed by atoms with Crippen LogP contribution in [-0.2, 0) is 20.7 Å². The molecule has 0 atom stereocenters. The van der Waals surface area contributed by atoms with Gasteiger partial charge in [0, 0.05) is 11.8 Å². The predicted octanol–water partition coefficient (Wildman–Crippen LogP) is 3.55. The maximum atomic E-state index is 11.9. The quantitative estimate of drug-likeness (QED) is 0.779. The SMILES string of the molecule is COC(=O)Cc1csc(NC(=O)CCCC2CCCCC2)n1. The molecule has 1 aromatic rings. The summed E-state index contributed by atoms with van der Waals surface area (Å²) in [6.45, 7) is 0. The minimum Gasteiger partial charge on any atom is -0.469 e. The highest BCUT2D eigenvalue weighted by Gasteiger charge is 2.14. The van der Waals surface area contributed by atoms with Crippen LogP contribution in [0.3, 0.4) is 0 Å². The molecule has 1 amide bonds. The lowest BCUT2D eigenvalue weighted by Crippen LogP contribution is -2.13. The number of anilines is 1. The molecule has 0 unspecified atom stereocenters. The number of nitrogens with zero attached hydrogens (tertiary/aromatic N) is 1. The van der Waals surface area contributed by atoms with Crippen LogP contribution in [0.1, 0.15) is 57.1 Å². The van der Waals surface area contributed by atoms with Crippen molar-refractivity contribution in [1.29, 1.82) is 0 Å². The lowest BCUT2D eigenvalue weighted by molar-refractivity contribution is -0.139. The molecular weight excluding hydrogens is 300 g/mol. The van der Waals surface area contributed by atoms with E-state index in [1.165, 1.54) is 50.6 Å². The fraction of sp³-hybridized carbons (Fsp3) is 0.688. The van der Waals surface area contributed by atoms with Gasteiger partial charge in [0.15, 0.2) is 5.13 Å². The largest absolute Gasteiger partial charge is 0.469 e. The second-order valence-corrected chi connectivity index (χ2v) is 6.70. The van der Waals surface area contributed by atoms with Gasteiger partial charge in [-0.05, 0) is 18.8 Å². The van der Waals surface area contributed by atoms with E-state index in [1.54, 1.807) is 5.38 Å². The van der Waals surface area contributed by atoms with Gasteiger partial charge in [-0.1, -0.05) is 32.1 Å². The fourth-order valence-corrected chi connectivity index (χ4v) is 3.60. The molecule has 2 rings (SSSR count). The van der Waals surface area contributed by atoms with E-state index in [9.17, 15) is 9.59 Å². The number of hydrogen-bond acceptors (Lipinski definition) is 5. The van der Waals surface area contributed by atoms with Crippen LogP contribution in [0.15, 0.2) is 5.38 Å². The molecule has 1 N–H and O–H groups in total. The Morgan fingerprint density at radius 2 is 2.14 bits per heavy atom. The third kappa shape index (κ3) is 5.75. The van der Waals surface area contributed by atoms with E-state index >= 15 is 0 Å². The van der Waals surface area contributed by atoms with Crippen molar-refractivity contribution >= 4 is 28.3 Å². The monoisotopic (exact) mass is 324 g/mol. The van der Waals surface area contributed by atoms with Gasteiger partial charge in [0.2, 0.25) is 5.91 Å². The predicted molar refractivity (Wildman–Crippen MR) is 86.9 cm³/mol. The number of hydrogen-bond donors (Lipinski definition) is 1. The van der Waals surface area contributed by atoms with Crippen LogP contribution in [0, 0.1) is 5.92 Å². The Morgan fingerprint density at radius 3 is 2.86 bits per heavy atom. The number of aromatic nitrogens is 1. The second kappa shape index (κ2) is 8.88. The number of amides is 1. The van der Waals surface area contributed by atoms with Crippen LogP contribution in [-0.4, -0.2) is 24.0 Å². The highest BCUT2D eigenvalue weighted by molar-refractivity contribution is 7.13. The van der Waals surface area contributed by atoms with Gasteiger partial charge in [-0.25, -0.2) is 4.98 Å². The molecule has 0 spiro atoms. The molecule has 1 heterocycles. The number of nitrogens with one attached hydrogen (secondary N) is 1. The Bertz CT molecular complexity index is 495. The lowest BCUT2D eigenvalue weighted by atomic mass is 9.86. The first kappa shape index (κ1) is 16.9. The van der Waals surface area contributed by atoms with Crippen molar-refractivity contribution in [2.75, 3.05) is 12.4 Å². The van der Waals surface area contributed by atoms with Crippen LogP contribution in [0.2, 0.25) is 0 Å². The van der Waals surface area contributed by atoms with Crippen molar-refractivity contribution in [3.8, 4) is 0 Å². The highest BCUT2D eigenvalue weighted by Crippen LogP contribution is 2.27. The Kier molecular flexibility index (Phi) is 6.83. The minimum absolute atomic E-state index is 0.00905. The first-order valence-electron chi connectivity index (χ1n) is 7.98. The minimum atomic E-state index is -0.323. The van der Waals surface area contributed by atoms with Crippen molar-refractivity contribution in [2.45, 2.75) is 57.8 Å². The Morgan fingerprint density at radius 1 is 1.36 bits per heavy atom. The molecule has 0 aliphatic heterocycles. The van der Waals surface area contributed by atoms with Gasteiger partial charge in [0.25, 0.3) is 0 Å². The first-order valence-corrected chi connectivity index (χ1v) is 8.86. The highest BCUT2D eigenvalue weighted by atomic mass is 32.1. The Labute approximate surface area is 135 Å². The Hall–Kier alpha value is -1.43. The summed E-state index contributed by atoms with van der Waals surface area (Å²) in [6.07, 6.45) is 9.49. The van der Waals surface area contributed by atoms with Crippen LogP contribution >= 0.6 is 11.3 Å². The summed E-state index contributed by atoms with van der Waals surface area (Å²) in [5.41, 5.74) is 0.634. The maximum absolute atomic E-state index is 11.9. The number of methoxy groups -OCH3 is 1. The summed E-state index contributed by atoms with van der Waals surface area (Å²) < 4.78 is 4.59. The normalized spacial score (nSPS) is 15.5. The van der Waals surface area contributed by atoms with E-state index in [0.717, 1.165) is 18.8 Å². The molecule has 5 nitrogen and oxygen atoms in total. The summed E-state index contributed by atoms with van der Waals surface area (Å²) in [5.74, 6) is 0.499. The molecule has 0 radical (unpaired) electrons. The second-order valence-electron chi connectivity index (χ2n) is 5.84. The van der Waals surface area contributed by atoms with Gasteiger partial charge in [0.1, 0.15) is 0 Å². The number of thiazole rings is 1. The number of rotatable bonds is 7. The molecule has 1 aliphatic rings. The maximum Gasteiger partial charge on any atom is 0.311 e. The average molecular weight is 324 g/mol. The zero-order valence-electron chi connectivity index (χ0n) is 13.1. The Balaban J connectivity index is 1.67. The molecule has 122 valence electrons. The zero-order chi connectivity index (χ0) is 15.8. The van der Waals surface area contributed by atoms with Crippen LogP contribution in [0.4, 0.5) is 5.13 Å². The fourth-order valence-electron chi connectivity index (χ4n) is 2.87. The molecule has 1 aliphatic carbocycles. The third-order valence-corrected chi connectivity index (χ3v) is 4.90. The lowest BCUT2D eigenvalue weighted by Gasteiger charge is -2.20. The first-order chi connectivity index (χ1) is 10.7. The van der Waals surface area contributed by atoms with Crippen LogP contribution in [0.25, 0.3) is 0 Å². The summed E-state index contributed by atoms with van der Waals surface area (Å²) in [4.78, 5) is 27.3.